The fourth-order valence-electron chi connectivity index (χ4n) is 5.22. The van der Waals surface area contributed by atoms with Crippen LogP contribution in [0.1, 0.15) is 44.1 Å². The second kappa shape index (κ2) is 7.91. The topological polar surface area (TPSA) is 58.6 Å². The number of nitrogens with zero attached hydrogens (tertiary/aromatic N) is 1. The molecule has 0 aromatic heterocycles. The normalized spacial score (nSPS) is 27.6. The first-order valence-corrected chi connectivity index (χ1v) is 10.3. The Kier molecular flexibility index (Phi) is 5.37. The zero-order valence-electron chi connectivity index (χ0n) is 16.2. The van der Waals surface area contributed by atoms with Crippen molar-refractivity contribution in [2.75, 3.05) is 20.2 Å². The first-order valence-electron chi connectivity index (χ1n) is 10.3. The summed E-state index contributed by atoms with van der Waals surface area (Å²) in [6.45, 7) is 1.45. The van der Waals surface area contributed by atoms with E-state index in [0.717, 1.165) is 49.6 Å². The minimum Gasteiger partial charge on any atom is -0.497 e. The molecule has 1 aromatic carbocycles. The molecule has 1 saturated heterocycles. The summed E-state index contributed by atoms with van der Waals surface area (Å²) in [5, 5.41) is 3.28. The lowest BCUT2D eigenvalue weighted by atomic mass is 9.87. The summed E-state index contributed by atoms with van der Waals surface area (Å²) in [5.74, 6) is 2.87. The maximum atomic E-state index is 12.6. The average molecular weight is 370 g/mol. The second-order valence-corrected chi connectivity index (χ2v) is 8.47. The summed E-state index contributed by atoms with van der Waals surface area (Å²) >= 11 is 0. The predicted molar refractivity (Wildman–Crippen MR) is 103 cm³/mol. The number of piperidine rings is 1. The number of likely N-dealkylation sites (tertiary alicyclic amines) is 1. The molecule has 2 amide bonds. The van der Waals surface area contributed by atoms with Gasteiger partial charge in [0.25, 0.3) is 0 Å². The van der Waals surface area contributed by atoms with Gasteiger partial charge in [0.15, 0.2) is 0 Å². The number of carbonyl (C=O) groups is 2. The van der Waals surface area contributed by atoms with Crippen LogP contribution in [0.2, 0.25) is 0 Å². The van der Waals surface area contributed by atoms with Gasteiger partial charge in [-0.15, -0.1) is 0 Å². The molecule has 0 unspecified atom stereocenters. The first kappa shape index (κ1) is 18.3. The van der Waals surface area contributed by atoms with Crippen LogP contribution in [-0.2, 0) is 16.0 Å². The third-order valence-electron chi connectivity index (χ3n) is 6.76. The molecule has 0 spiro atoms. The van der Waals surface area contributed by atoms with E-state index in [1.54, 1.807) is 7.11 Å². The van der Waals surface area contributed by atoms with Crippen LogP contribution in [0.15, 0.2) is 24.3 Å². The number of benzene rings is 1. The number of nitrogens with one attached hydrogen (secondary N) is 1. The molecule has 1 N–H and O–H groups in total. The highest BCUT2D eigenvalue weighted by Crippen LogP contribution is 2.48. The number of fused-ring (bicyclic) bond motifs is 2. The quantitative estimate of drug-likeness (QED) is 0.867. The van der Waals surface area contributed by atoms with E-state index in [0.29, 0.717) is 12.3 Å². The smallest absolute Gasteiger partial charge is 0.226 e. The maximum absolute atomic E-state index is 12.6. The number of hydrogen-bond donors (Lipinski definition) is 1. The Labute approximate surface area is 161 Å². The highest BCUT2D eigenvalue weighted by molar-refractivity contribution is 5.80. The van der Waals surface area contributed by atoms with E-state index in [1.807, 2.05) is 29.2 Å². The number of rotatable bonds is 5. The zero-order chi connectivity index (χ0) is 18.8. The third kappa shape index (κ3) is 4.12. The molecule has 5 heteroatoms. The van der Waals surface area contributed by atoms with Gasteiger partial charge >= 0.3 is 0 Å². The lowest BCUT2D eigenvalue weighted by Crippen LogP contribution is -2.48. The van der Waals surface area contributed by atoms with Crippen molar-refractivity contribution in [2.24, 2.45) is 17.8 Å². The molecule has 2 saturated carbocycles. The molecular weight excluding hydrogens is 340 g/mol. The Bertz CT molecular complexity index is 697. The highest BCUT2D eigenvalue weighted by atomic mass is 16.5. The van der Waals surface area contributed by atoms with Gasteiger partial charge in [-0.3, -0.25) is 9.59 Å². The highest BCUT2D eigenvalue weighted by Gasteiger charge is 2.43. The van der Waals surface area contributed by atoms with Crippen LogP contribution < -0.4 is 10.1 Å². The summed E-state index contributed by atoms with van der Waals surface area (Å²) in [4.78, 5) is 27.1. The molecule has 1 aliphatic heterocycles. The monoisotopic (exact) mass is 370 g/mol. The Morgan fingerprint density at radius 3 is 2.63 bits per heavy atom. The number of amides is 2. The Hall–Kier alpha value is -2.04. The van der Waals surface area contributed by atoms with Gasteiger partial charge in [0.1, 0.15) is 5.75 Å². The largest absolute Gasteiger partial charge is 0.497 e. The van der Waals surface area contributed by atoms with Gasteiger partial charge in [-0.05, 0) is 61.6 Å². The van der Waals surface area contributed by atoms with Gasteiger partial charge in [-0.1, -0.05) is 18.6 Å². The molecule has 3 aliphatic rings. The van der Waals surface area contributed by atoms with Crippen LogP contribution in [0.5, 0.6) is 5.75 Å². The summed E-state index contributed by atoms with van der Waals surface area (Å²) in [5.41, 5.74) is 0.978. The molecule has 146 valence electrons. The Morgan fingerprint density at radius 2 is 1.96 bits per heavy atom. The fraction of sp³-hybridized carbons (Fsp3) is 0.636. The van der Waals surface area contributed by atoms with Crippen molar-refractivity contribution in [3.05, 3.63) is 29.8 Å². The SMILES string of the molecule is COc1cccc(CC(=O)N2CCC(NC(=O)[C@H]3C[C@H]4CC[C@H]3C4)CC2)c1. The molecule has 2 aliphatic carbocycles. The van der Waals surface area contributed by atoms with Crippen molar-refractivity contribution in [2.45, 2.75) is 51.0 Å². The molecule has 1 heterocycles. The van der Waals surface area contributed by atoms with Crippen LogP contribution in [0.3, 0.4) is 0 Å². The van der Waals surface area contributed by atoms with Crippen LogP contribution >= 0.6 is 0 Å². The van der Waals surface area contributed by atoms with Gasteiger partial charge < -0.3 is 15.0 Å². The van der Waals surface area contributed by atoms with Crippen LogP contribution in [0.25, 0.3) is 0 Å². The molecule has 3 fully saturated rings. The average Bonchev–Trinajstić information content (AvgIpc) is 3.32. The Morgan fingerprint density at radius 1 is 1.15 bits per heavy atom. The van der Waals surface area contributed by atoms with Crippen LogP contribution in [0, 0.1) is 17.8 Å². The minimum absolute atomic E-state index is 0.154. The maximum Gasteiger partial charge on any atom is 0.226 e. The van der Waals surface area contributed by atoms with Crippen molar-refractivity contribution in [3.8, 4) is 5.75 Å². The van der Waals surface area contributed by atoms with E-state index in [9.17, 15) is 9.59 Å². The van der Waals surface area contributed by atoms with E-state index in [1.165, 1.54) is 19.3 Å². The van der Waals surface area contributed by atoms with E-state index in [4.69, 9.17) is 4.74 Å². The fourth-order valence-corrected chi connectivity index (χ4v) is 5.22. The first-order chi connectivity index (χ1) is 13.1. The van der Waals surface area contributed by atoms with Gasteiger partial charge in [-0.2, -0.15) is 0 Å². The summed E-state index contributed by atoms with van der Waals surface area (Å²) in [6, 6.07) is 7.90. The molecule has 2 bridgehead atoms. The molecule has 0 radical (unpaired) electrons. The van der Waals surface area contributed by atoms with Gasteiger partial charge in [0, 0.05) is 25.0 Å². The molecule has 27 heavy (non-hydrogen) atoms. The molecule has 4 rings (SSSR count). The van der Waals surface area contributed by atoms with Crippen molar-refractivity contribution in [1.82, 2.24) is 10.2 Å². The second-order valence-electron chi connectivity index (χ2n) is 8.47. The number of carbonyl (C=O) groups excluding carboxylic acids is 2. The zero-order valence-corrected chi connectivity index (χ0v) is 16.2. The van der Waals surface area contributed by atoms with Crippen molar-refractivity contribution in [1.29, 1.82) is 0 Å². The summed E-state index contributed by atoms with van der Waals surface area (Å²) in [6.07, 6.45) is 7.03. The molecule has 5 nitrogen and oxygen atoms in total. The summed E-state index contributed by atoms with van der Waals surface area (Å²) < 4.78 is 5.23. The van der Waals surface area contributed by atoms with Crippen molar-refractivity contribution >= 4 is 11.8 Å². The standard InChI is InChI=1S/C22H30N2O3/c1-27-19-4-2-3-15(12-19)14-21(25)24-9-7-18(8-10-24)23-22(26)20-13-16-5-6-17(20)11-16/h2-4,12,16-18,20H,5-11,13-14H2,1H3,(H,23,26)/t16-,17-,20-/m0/s1. The lowest BCUT2D eigenvalue weighted by molar-refractivity contribution is -0.132. The van der Waals surface area contributed by atoms with E-state index >= 15 is 0 Å². The van der Waals surface area contributed by atoms with E-state index < -0.39 is 0 Å². The Balaban J connectivity index is 1.23. The van der Waals surface area contributed by atoms with Crippen LogP contribution in [0.4, 0.5) is 0 Å². The number of ether oxygens (including phenoxy) is 1. The van der Waals surface area contributed by atoms with Crippen molar-refractivity contribution in [3.63, 3.8) is 0 Å². The molecule has 1 aromatic rings. The molecular formula is C22H30N2O3. The number of methoxy groups -OCH3 is 1. The lowest BCUT2D eigenvalue weighted by Gasteiger charge is -2.33. The molecule has 3 atom stereocenters. The van der Waals surface area contributed by atoms with Gasteiger partial charge in [-0.25, -0.2) is 0 Å². The summed E-state index contributed by atoms with van der Waals surface area (Å²) in [7, 11) is 1.64. The van der Waals surface area contributed by atoms with Crippen molar-refractivity contribution < 1.29 is 14.3 Å². The van der Waals surface area contributed by atoms with Gasteiger partial charge in [0.05, 0.1) is 13.5 Å². The van der Waals surface area contributed by atoms with E-state index in [2.05, 4.69) is 5.32 Å². The van der Waals surface area contributed by atoms with Crippen LogP contribution in [-0.4, -0.2) is 43.0 Å². The minimum atomic E-state index is 0.154. The predicted octanol–water partition coefficient (Wildman–Crippen LogP) is 2.78. The number of hydrogen-bond acceptors (Lipinski definition) is 3. The van der Waals surface area contributed by atoms with E-state index in [-0.39, 0.29) is 23.8 Å². The van der Waals surface area contributed by atoms with Gasteiger partial charge in [0.2, 0.25) is 11.8 Å². The third-order valence-corrected chi connectivity index (χ3v) is 6.76.